The molecule has 0 unspecified atom stereocenters. The van der Waals surface area contributed by atoms with Gasteiger partial charge in [0.25, 0.3) is 0 Å². The lowest BCUT2D eigenvalue weighted by molar-refractivity contribution is -0.136. The van der Waals surface area contributed by atoms with Crippen LogP contribution in [-0.4, -0.2) is 44.7 Å². The molecule has 3 N–H and O–H groups in total. The molecule has 1 atom stereocenters. The van der Waals surface area contributed by atoms with Crippen LogP contribution in [0.5, 0.6) is 0 Å². The van der Waals surface area contributed by atoms with Gasteiger partial charge in [0.05, 0.1) is 12.5 Å². The summed E-state index contributed by atoms with van der Waals surface area (Å²) in [5.74, 6) is -0.428. The molecule has 7 heteroatoms. The van der Waals surface area contributed by atoms with E-state index in [0.29, 0.717) is 0 Å². The van der Waals surface area contributed by atoms with Crippen LogP contribution >= 0.6 is 0 Å². The molecule has 1 rings (SSSR count). The van der Waals surface area contributed by atoms with Crippen molar-refractivity contribution in [3.63, 3.8) is 0 Å². The van der Waals surface area contributed by atoms with Crippen molar-refractivity contribution in [3.8, 4) is 0 Å². The van der Waals surface area contributed by atoms with Crippen molar-refractivity contribution in [2.24, 2.45) is 11.3 Å². The molecule has 21 heavy (non-hydrogen) atoms. The highest BCUT2D eigenvalue weighted by Crippen LogP contribution is 2.40. The smallest absolute Gasteiger partial charge is 0.407 e. The fraction of sp³-hybridized carbons (Fsp3) is 0.786. The predicted molar refractivity (Wildman–Crippen MR) is 77.5 cm³/mol. The first kappa shape index (κ1) is 17.3. The van der Waals surface area contributed by atoms with Gasteiger partial charge in [-0.15, -0.1) is 0 Å². The molecule has 0 aromatic rings. The van der Waals surface area contributed by atoms with E-state index in [9.17, 15) is 14.4 Å². The lowest BCUT2D eigenvalue weighted by Gasteiger charge is -2.40. The van der Waals surface area contributed by atoms with E-state index in [-0.39, 0.29) is 24.3 Å². The van der Waals surface area contributed by atoms with Crippen LogP contribution in [0.3, 0.4) is 0 Å². The van der Waals surface area contributed by atoms with Gasteiger partial charge in [-0.2, -0.15) is 0 Å². The van der Waals surface area contributed by atoms with Crippen molar-refractivity contribution < 1.29 is 19.1 Å². The van der Waals surface area contributed by atoms with Gasteiger partial charge in [-0.25, -0.2) is 4.79 Å². The standard InChI is InChI=1S/C14H25N3O4/c1-9(2)10(17-13(20)21-4)11(18)16-8-14(6-5-7-14)12(19)15-3/h9-10H,5-8H2,1-4H3,(H,15,19)(H,16,18)(H,17,20)/t10-/m0/s1. The lowest BCUT2D eigenvalue weighted by atomic mass is 9.68. The van der Waals surface area contributed by atoms with Crippen LogP contribution in [0, 0.1) is 11.3 Å². The molecule has 1 saturated carbocycles. The molecular weight excluding hydrogens is 274 g/mol. The molecule has 120 valence electrons. The molecule has 1 aliphatic carbocycles. The number of carbonyl (C=O) groups is 3. The number of ether oxygens (including phenoxy) is 1. The summed E-state index contributed by atoms with van der Waals surface area (Å²) in [5, 5.41) is 7.93. The Morgan fingerprint density at radius 2 is 1.86 bits per heavy atom. The van der Waals surface area contributed by atoms with Crippen LogP contribution in [0.4, 0.5) is 4.79 Å². The van der Waals surface area contributed by atoms with Gasteiger partial charge in [0, 0.05) is 13.6 Å². The van der Waals surface area contributed by atoms with Crippen LogP contribution in [0.15, 0.2) is 0 Å². The van der Waals surface area contributed by atoms with Crippen LogP contribution in [0.25, 0.3) is 0 Å². The first-order chi connectivity index (χ1) is 9.86. The van der Waals surface area contributed by atoms with E-state index in [1.165, 1.54) is 7.11 Å². The number of nitrogens with one attached hydrogen (secondary N) is 3. The molecule has 0 aromatic carbocycles. The second-order valence-electron chi connectivity index (χ2n) is 5.79. The third-order valence-electron chi connectivity index (χ3n) is 4.03. The highest BCUT2D eigenvalue weighted by molar-refractivity contribution is 5.88. The zero-order valence-electron chi connectivity index (χ0n) is 13.1. The minimum atomic E-state index is -0.681. The summed E-state index contributed by atoms with van der Waals surface area (Å²) >= 11 is 0. The van der Waals surface area contributed by atoms with Gasteiger partial charge < -0.3 is 20.7 Å². The molecule has 0 radical (unpaired) electrons. The number of hydrogen-bond donors (Lipinski definition) is 3. The Kier molecular flexibility index (Phi) is 5.99. The zero-order valence-corrected chi connectivity index (χ0v) is 13.1. The van der Waals surface area contributed by atoms with Gasteiger partial charge >= 0.3 is 6.09 Å². The minimum Gasteiger partial charge on any atom is -0.453 e. The summed E-state index contributed by atoms with van der Waals surface area (Å²) in [7, 11) is 2.85. The molecule has 0 bridgehead atoms. The molecule has 1 fully saturated rings. The molecule has 0 aromatic heterocycles. The third-order valence-corrected chi connectivity index (χ3v) is 4.03. The maximum atomic E-state index is 12.2. The largest absolute Gasteiger partial charge is 0.453 e. The van der Waals surface area contributed by atoms with Crippen molar-refractivity contribution in [3.05, 3.63) is 0 Å². The van der Waals surface area contributed by atoms with Crippen LogP contribution in [0.2, 0.25) is 0 Å². The summed E-state index contributed by atoms with van der Waals surface area (Å²) in [6.07, 6.45) is 1.87. The van der Waals surface area contributed by atoms with Gasteiger partial charge in [-0.05, 0) is 18.8 Å². The first-order valence-corrected chi connectivity index (χ1v) is 7.20. The molecule has 0 saturated heterocycles. The van der Waals surface area contributed by atoms with E-state index in [4.69, 9.17) is 0 Å². The molecule has 0 heterocycles. The lowest BCUT2D eigenvalue weighted by Crippen LogP contribution is -2.55. The highest BCUT2D eigenvalue weighted by atomic mass is 16.5. The van der Waals surface area contributed by atoms with E-state index in [1.54, 1.807) is 7.05 Å². The van der Waals surface area contributed by atoms with Gasteiger partial charge in [-0.3, -0.25) is 9.59 Å². The Hall–Kier alpha value is -1.79. The van der Waals surface area contributed by atoms with Gasteiger partial charge in [0.15, 0.2) is 0 Å². The molecular formula is C14H25N3O4. The number of carbonyl (C=O) groups excluding carboxylic acids is 3. The quantitative estimate of drug-likeness (QED) is 0.661. The van der Waals surface area contributed by atoms with Gasteiger partial charge in [-0.1, -0.05) is 20.3 Å². The van der Waals surface area contributed by atoms with Crippen molar-refractivity contribution in [1.82, 2.24) is 16.0 Å². The number of hydrogen-bond acceptors (Lipinski definition) is 4. The third kappa shape index (κ3) is 4.09. The molecule has 1 aliphatic rings. The number of rotatable bonds is 6. The SMILES string of the molecule is CNC(=O)C1(CNC(=O)[C@@H](NC(=O)OC)C(C)C)CCC1. The molecule has 3 amide bonds. The van der Waals surface area contributed by atoms with E-state index < -0.39 is 17.6 Å². The minimum absolute atomic E-state index is 0.0453. The van der Waals surface area contributed by atoms with Gasteiger partial charge in [0.1, 0.15) is 6.04 Å². The normalized spacial score (nSPS) is 17.4. The molecule has 0 aliphatic heterocycles. The van der Waals surface area contributed by atoms with E-state index in [2.05, 4.69) is 20.7 Å². The first-order valence-electron chi connectivity index (χ1n) is 7.20. The van der Waals surface area contributed by atoms with Crippen LogP contribution in [0.1, 0.15) is 33.1 Å². The fourth-order valence-corrected chi connectivity index (χ4v) is 2.44. The van der Waals surface area contributed by atoms with Crippen LogP contribution < -0.4 is 16.0 Å². The predicted octanol–water partition coefficient (Wildman–Crippen LogP) is 0.399. The van der Waals surface area contributed by atoms with Crippen molar-refractivity contribution >= 4 is 17.9 Å². The Labute approximate surface area is 125 Å². The summed E-state index contributed by atoms with van der Waals surface area (Å²) in [5.41, 5.74) is -0.503. The van der Waals surface area contributed by atoms with Crippen molar-refractivity contribution in [1.29, 1.82) is 0 Å². The maximum absolute atomic E-state index is 12.2. The maximum Gasteiger partial charge on any atom is 0.407 e. The highest BCUT2D eigenvalue weighted by Gasteiger charge is 2.44. The van der Waals surface area contributed by atoms with Crippen LogP contribution in [-0.2, 0) is 14.3 Å². The second-order valence-corrected chi connectivity index (χ2v) is 5.79. The van der Waals surface area contributed by atoms with E-state index >= 15 is 0 Å². The fourth-order valence-electron chi connectivity index (χ4n) is 2.44. The zero-order chi connectivity index (χ0) is 16.0. The van der Waals surface area contributed by atoms with Gasteiger partial charge in [0.2, 0.25) is 11.8 Å². The summed E-state index contributed by atoms with van der Waals surface area (Å²) in [4.78, 5) is 35.4. The Balaban J connectivity index is 2.61. The average Bonchev–Trinajstić information content (AvgIpc) is 2.42. The number of alkyl carbamates (subject to hydrolysis) is 1. The second kappa shape index (κ2) is 7.28. The molecule has 7 nitrogen and oxygen atoms in total. The summed E-state index contributed by atoms with van der Waals surface area (Å²) < 4.78 is 4.52. The Morgan fingerprint density at radius 1 is 1.24 bits per heavy atom. The van der Waals surface area contributed by atoms with E-state index in [0.717, 1.165) is 19.3 Å². The Bertz CT molecular complexity index is 405. The summed E-state index contributed by atoms with van der Waals surface area (Å²) in [6, 6.07) is -0.681. The average molecular weight is 299 g/mol. The van der Waals surface area contributed by atoms with E-state index in [1.807, 2.05) is 13.8 Å². The summed E-state index contributed by atoms with van der Waals surface area (Å²) in [6.45, 7) is 3.95. The van der Waals surface area contributed by atoms with Crippen molar-refractivity contribution in [2.45, 2.75) is 39.2 Å². The molecule has 0 spiro atoms. The Morgan fingerprint density at radius 3 is 2.24 bits per heavy atom. The number of amides is 3. The topological polar surface area (TPSA) is 96.5 Å². The van der Waals surface area contributed by atoms with Crippen molar-refractivity contribution in [2.75, 3.05) is 20.7 Å². The monoisotopic (exact) mass is 299 g/mol. The number of methoxy groups -OCH3 is 1.